The van der Waals surface area contributed by atoms with Crippen molar-refractivity contribution in [3.63, 3.8) is 0 Å². The van der Waals surface area contributed by atoms with Crippen LogP contribution in [0.15, 0.2) is 11.6 Å². The summed E-state index contributed by atoms with van der Waals surface area (Å²) in [5.41, 5.74) is 0.424. The monoisotopic (exact) mass is 545 g/mol. The molecule has 38 heavy (non-hydrogen) atoms. The lowest BCUT2D eigenvalue weighted by Gasteiger charge is -2.68. The van der Waals surface area contributed by atoms with E-state index >= 15 is 0 Å². The number of unbranched alkanes of at least 4 members (excludes halogenated alkanes) is 1. The maximum Gasteiger partial charge on any atom is 0.311 e. The van der Waals surface area contributed by atoms with E-state index in [-0.39, 0.29) is 69.9 Å². The maximum absolute atomic E-state index is 14.1. The molecule has 2 bridgehead atoms. The summed E-state index contributed by atoms with van der Waals surface area (Å²) in [6.45, 7) is 9.27. The summed E-state index contributed by atoms with van der Waals surface area (Å²) >= 11 is 5.63. The topological polar surface area (TPSA) is 80.8 Å². The molecule has 6 rings (SSSR count). The molecule has 4 fully saturated rings. The molecular formula is C31H44ClNO5. The van der Waals surface area contributed by atoms with Gasteiger partial charge in [-0.25, -0.2) is 0 Å². The van der Waals surface area contributed by atoms with Crippen LogP contribution < -0.4 is 0 Å². The molecule has 2 amide bonds. The van der Waals surface area contributed by atoms with Crippen molar-refractivity contribution in [2.75, 3.05) is 19.5 Å². The van der Waals surface area contributed by atoms with Gasteiger partial charge in [0.1, 0.15) is 5.78 Å². The lowest BCUT2D eigenvalue weighted by Crippen LogP contribution is -2.65. The van der Waals surface area contributed by atoms with Crippen LogP contribution in [0, 0.1) is 51.8 Å². The lowest BCUT2D eigenvalue weighted by molar-refractivity contribution is -0.196. The number of methoxy groups -OCH3 is 1. The van der Waals surface area contributed by atoms with Crippen LogP contribution in [0.2, 0.25) is 0 Å². The van der Waals surface area contributed by atoms with E-state index in [1.165, 1.54) is 17.6 Å². The number of halogens is 1. The summed E-state index contributed by atoms with van der Waals surface area (Å²) in [6.07, 6.45) is 9.61. The number of ketones is 1. The minimum absolute atomic E-state index is 0.00130. The molecule has 0 N–H and O–H groups in total. The zero-order valence-electron chi connectivity index (χ0n) is 23.7. The summed E-state index contributed by atoms with van der Waals surface area (Å²) in [4.78, 5) is 54.2. The van der Waals surface area contributed by atoms with Crippen LogP contribution in [0.4, 0.5) is 0 Å². The molecule has 1 heterocycles. The molecule has 0 aromatic heterocycles. The van der Waals surface area contributed by atoms with Gasteiger partial charge < -0.3 is 4.74 Å². The molecule has 0 aromatic carbocycles. The molecule has 5 aliphatic carbocycles. The van der Waals surface area contributed by atoms with Gasteiger partial charge in [0, 0.05) is 18.4 Å². The average Bonchev–Trinajstić information content (AvgIpc) is 3.16. The van der Waals surface area contributed by atoms with E-state index in [4.69, 9.17) is 16.3 Å². The SMILES string of the molecule is COC(=O)C1(C)CCCC2(C)C1CCC13C=C(C(C)C)C(CC21)C1C(=O)N(CCCCC(=O)CCl)C(=O)C13. The fraction of sp³-hybridized carbons (Fsp3) is 0.806. The number of hydrogen-bond acceptors (Lipinski definition) is 5. The molecule has 0 radical (unpaired) electrons. The van der Waals surface area contributed by atoms with Crippen LogP contribution in [-0.4, -0.2) is 48.0 Å². The summed E-state index contributed by atoms with van der Waals surface area (Å²) in [5.74, 6) is 0.190. The Kier molecular flexibility index (Phi) is 7.14. The minimum atomic E-state index is -0.508. The number of carbonyl (C=O) groups is 4. The van der Waals surface area contributed by atoms with Crippen LogP contribution in [0.25, 0.3) is 0 Å². The second-order valence-electron chi connectivity index (χ2n) is 13.6. The number of hydrogen-bond donors (Lipinski definition) is 0. The van der Waals surface area contributed by atoms with Gasteiger partial charge in [-0.2, -0.15) is 0 Å². The summed E-state index contributed by atoms with van der Waals surface area (Å²) in [6, 6.07) is 0. The fourth-order valence-corrected chi connectivity index (χ4v) is 10.3. The number of ether oxygens (including phenoxy) is 1. The highest BCUT2D eigenvalue weighted by molar-refractivity contribution is 6.27. The molecule has 8 atom stereocenters. The molecule has 0 aromatic rings. The van der Waals surface area contributed by atoms with Crippen LogP contribution in [0.3, 0.4) is 0 Å². The minimum Gasteiger partial charge on any atom is -0.469 e. The Morgan fingerprint density at radius 3 is 2.50 bits per heavy atom. The number of imide groups is 1. The Hall–Kier alpha value is -1.69. The smallest absolute Gasteiger partial charge is 0.311 e. The Labute approximate surface area is 232 Å². The number of rotatable bonds is 8. The van der Waals surface area contributed by atoms with Crippen molar-refractivity contribution < 1.29 is 23.9 Å². The van der Waals surface area contributed by atoms with E-state index in [0.717, 1.165) is 38.5 Å². The van der Waals surface area contributed by atoms with Gasteiger partial charge in [0.25, 0.3) is 0 Å². The number of Topliss-reactive ketones (excluding diaryl/α,β-unsaturated/α-hetero) is 1. The number of amides is 2. The lowest BCUT2D eigenvalue weighted by atomic mass is 9.34. The zero-order chi connectivity index (χ0) is 27.6. The van der Waals surface area contributed by atoms with Gasteiger partial charge in [0.05, 0.1) is 30.2 Å². The van der Waals surface area contributed by atoms with Gasteiger partial charge in [-0.05, 0) is 81.0 Å². The second-order valence-corrected chi connectivity index (χ2v) is 13.9. The third kappa shape index (κ3) is 3.78. The van der Waals surface area contributed by atoms with E-state index in [9.17, 15) is 19.2 Å². The first-order valence-corrected chi connectivity index (χ1v) is 15.2. The van der Waals surface area contributed by atoms with Crippen molar-refractivity contribution in [1.29, 1.82) is 0 Å². The van der Waals surface area contributed by atoms with Crippen molar-refractivity contribution in [3.05, 3.63) is 11.6 Å². The predicted molar refractivity (Wildman–Crippen MR) is 145 cm³/mol. The number of esters is 1. The van der Waals surface area contributed by atoms with Gasteiger partial charge in [0.15, 0.2) is 0 Å². The van der Waals surface area contributed by atoms with Crippen molar-refractivity contribution in [2.24, 2.45) is 51.8 Å². The summed E-state index contributed by atoms with van der Waals surface area (Å²) in [5, 5.41) is 0. The number of nitrogens with zero attached hydrogens (tertiary/aromatic N) is 1. The van der Waals surface area contributed by atoms with Crippen molar-refractivity contribution in [2.45, 2.75) is 85.5 Å². The largest absolute Gasteiger partial charge is 0.469 e. The first-order valence-electron chi connectivity index (χ1n) is 14.7. The molecular weight excluding hydrogens is 502 g/mol. The molecule has 6 aliphatic rings. The average molecular weight is 546 g/mol. The second kappa shape index (κ2) is 9.74. The fourth-order valence-electron chi connectivity index (χ4n) is 10.1. The number of fused-ring (bicyclic) bond motifs is 1. The van der Waals surface area contributed by atoms with Gasteiger partial charge >= 0.3 is 5.97 Å². The Morgan fingerprint density at radius 2 is 1.84 bits per heavy atom. The Balaban J connectivity index is 1.50. The molecule has 6 nitrogen and oxygen atoms in total. The van der Waals surface area contributed by atoms with Gasteiger partial charge in [-0.1, -0.05) is 38.8 Å². The summed E-state index contributed by atoms with van der Waals surface area (Å²) < 4.78 is 5.33. The van der Waals surface area contributed by atoms with Crippen LogP contribution in [0.5, 0.6) is 0 Å². The summed E-state index contributed by atoms with van der Waals surface area (Å²) in [7, 11) is 1.50. The predicted octanol–water partition coefficient (Wildman–Crippen LogP) is 5.56. The Morgan fingerprint density at radius 1 is 1.11 bits per heavy atom. The van der Waals surface area contributed by atoms with Crippen LogP contribution in [-0.2, 0) is 23.9 Å². The van der Waals surface area contributed by atoms with E-state index in [0.29, 0.717) is 31.7 Å². The van der Waals surface area contributed by atoms with Crippen LogP contribution >= 0.6 is 11.6 Å². The number of carbonyl (C=O) groups excluding carboxylic acids is 4. The van der Waals surface area contributed by atoms with Crippen molar-refractivity contribution in [1.82, 2.24) is 4.90 Å². The van der Waals surface area contributed by atoms with Gasteiger partial charge in [-0.3, -0.25) is 24.1 Å². The van der Waals surface area contributed by atoms with Crippen molar-refractivity contribution >= 4 is 35.2 Å². The molecule has 1 spiro atoms. The molecule has 7 heteroatoms. The molecule has 8 unspecified atom stereocenters. The highest BCUT2D eigenvalue weighted by Crippen LogP contribution is 2.74. The van der Waals surface area contributed by atoms with Gasteiger partial charge in [-0.15, -0.1) is 11.6 Å². The van der Waals surface area contributed by atoms with Gasteiger partial charge in [0.2, 0.25) is 11.8 Å². The van der Waals surface area contributed by atoms with E-state index < -0.39 is 5.41 Å². The number of allylic oxidation sites excluding steroid dienone is 2. The maximum atomic E-state index is 14.1. The first-order chi connectivity index (χ1) is 18.0. The molecule has 210 valence electrons. The normalized spacial score (nSPS) is 41.5. The highest BCUT2D eigenvalue weighted by atomic mass is 35.5. The molecule has 3 saturated carbocycles. The van der Waals surface area contributed by atoms with E-state index in [2.05, 4.69) is 33.8 Å². The van der Waals surface area contributed by atoms with Crippen molar-refractivity contribution in [3.8, 4) is 0 Å². The highest BCUT2D eigenvalue weighted by Gasteiger charge is 2.73. The zero-order valence-corrected chi connectivity index (χ0v) is 24.4. The standard InChI is InChI=1S/C31H44ClNO5/c1-18(2)21-16-31-13-10-22-29(3,11-8-12-30(22,4)28(37)38-5)23(31)15-20(21)24-25(31)27(36)33(26(24)35)14-7-6-9-19(34)17-32/h16,18,20,22-25H,6-15,17H2,1-5H3. The third-order valence-corrected chi connectivity index (χ3v) is 11.9. The van der Waals surface area contributed by atoms with E-state index in [1.54, 1.807) is 0 Å². The molecule has 1 aliphatic heterocycles. The Bertz CT molecular complexity index is 1070. The third-order valence-electron chi connectivity index (χ3n) is 11.7. The first kappa shape index (κ1) is 27.9. The molecule has 1 saturated heterocycles. The number of likely N-dealkylation sites (tertiary alicyclic amines) is 1. The van der Waals surface area contributed by atoms with Crippen LogP contribution in [0.1, 0.15) is 85.5 Å². The quantitative estimate of drug-likeness (QED) is 0.131. The van der Waals surface area contributed by atoms with E-state index in [1.807, 2.05) is 0 Å². The number of alkyl halides is 1.